The van der Waals surface area contributed by atoms with Crippen LogP contribution >= 0.6 is 0 Å². The molecule has 0 aromatic rings. The van der Waals surface area contributed by atoms with E-state index in [9.17, 15) is 0 Å². The molecule has 5 unspecified atom stereocenters. The number of hydrogen-bond donors (Lipinski definition) is 0. The number of fused-ring (bicyclic) bond motifs is 5. The molecule has 8 atom stereocenters. The Balaban J connectivity index is 1.54. The summed E-state index contributed by atoms with van der Waals surface area (Å²) >= 11 is 0. The van der Waals surface area contributed by atoms with Crippen LogP contribution in [0.5, 0.6) is 0 Å². The highest BCUT2D eigenvalue weighted by atomic mass is 14.6. The Kier molecular flexibility index (Phi) is 5.65. The maximum Gasteiger partial charge on any atom is -0.0143 e. The SMILES string of the molecule is CC(C)[C@@H](C)/C=C/[C@@H](C)C1CCC2C3=CC[C@H]4CCCCC4(C)C3CCC21C. The van der Waals surface area contributed by atoms with E-state index in [1.165, 1.54) is 57.8 Å². The van der Waals surface area contributed by atoms with Crippen LogP contribution in [0.4, 0.5) is 0 Å². The van der Waals surface area contributed by atoms with Crippen molar-refractivity contribution in [1.29, 1.82) is 0 Å². The summed E-state index contributed by atoms with van der Waals surface area (Å²) in [6.07, 6.45) is 21.1. The van der Waals surface area contributed by atoms with Gasteiger partial charge in [0.15, 0.2) is 0 Å². The Labute approximate surface area is 175 Å². The van der Waals surface area contributed by atoms with Gasteiger partial charge in [-0.15, -0.1) is 0 Å². The minimum atomic E-state index is 0.547. The van der Waals surface area contributed by atoms with Crippen LogP contribution in [0, 0.1) is 52.3 Å². The van der Waals surface area contributed by atoms with Crippen LogP contribution in [0.3, 0.4) is 0 Å². The molecule has 0 radical (unpaired) electrons. The fourth-order valence-corrected chi connectivity index (χ4v) is 8.16. The van der Waals surface area contributed by atoms with E-state index in [-0.39, 0.29) is 0 Å². The summed E-state index contributed by atoms with van der Waals surface area (Å²) in [5, 5.41) is 0. The molecule has 158 valence electrons. The van der Waals surface area contributed by atoms with Gasteiger partial charge in [-0.1, -0.05) is 78.2 Å². The molecule has 0 amide bonds. The van der Waals surface area contributed by atoms with Crippen LogP contribution < -0.4 is 0 Å². The van der Waals surface area contributed by atoms with E-state index in [4.69, 9.17) is 0 Å². The Bertz CT molecular complexity index is 624. The summed E-state index contributed by atoms with van der Waals surface area (Å²) in [6, 6.07) is 0. The van der Waals surface area contributed by atoms with E-state index in [0.29, 0.717) is 16.7 Å². The standard InChI is InChI=1S/C28H46/c1-19(2)20(3)10-11-21(4)24-14-15-25-23-13-12-22-9-7-8-17-27(22,5)26(23)16-18-28(24,25)6/h10-11,13,19-22,24-26H,7-9,12,14-18H2,1-6H3/b11-10+/t20-,21+,22+,24?,25?,26?,27?,28?/m0/s1. The van der Waals surface area contributed by atoms with E-state index in [2.05, 4.69) is 59.8 Å². The molecule has 0 aromatic heterocycles. The Morgan fingerprint density at radius 2 is 1.61 bits per heavy atom. The largest absolute Gasteiger partial charge is 0.0852 e. The predicted octanol–water partition coefficient (Wildman–Crippen LogP) is 8.44. The zero-order valence-corrected chi connectivity index (χ0v) is 19.6. The van der Waals surface area contributed by atoms with Crippen molar-refractivity contribution in [2.45, 2.75) is 99.3 Å². The van der Waals surface area contributed by atoms with Crippen molar-refractivity contribution < 1.29 is 0 Å². The molecule has 0 N–H and O–H groups in total. The van der Waals surface area contributed by atoms with Gasteiger partial charge in [-0.05, 0) is 97.2 Å². The molecule has 0 aromatic carbocycles. The molecule has 4 aliphatic carbocycles. The Morgan fingerprint density at radius 1 is 0.857 bits per heavy atom. The van der Waals surface area contributed by atoms with Crippen LogP contribution in [-0.2, 0) is 0 Å². The topological polar surface area (TPSA) is 0 Å². The second-order valence-electron chi connectivity index (χ2n) is 12.1. The highest BCUT2D eigenvalue weighted by molar-refractivity contribution is 5.27. The van der Waals surface area contributed by atoms with Gasteiger partial charge in [0.25, 0.3) is 0 Å². The highest BCUT2D eigenvalue weighted by Gasteiger charge is 2.57. The zero-order chi connectivity index (χ0) is 20.1. The third-order valence-electron chi connectivity index (χ3n) is 10.5. The molecule has 0 spiro atoms. The summed E-state index contributed by atoms with van der Waals surface area (Å²) in [5.41, 5.74) is 3.11. The predicted molar refractivity (Wildman–Crippen MR) is 122 cm³/mol. The molecule has 0 bridgehead atoms. The zero-order valence-electron chi connectivity index (χ0n) is 19.6. The van der Waals surface area contributed by atoms with Crippen molar-refractivity contribution in [2.75, 3.05) is 0 Å². The molecule has 0 aliphatic heterocycles. The van der Waals surface area contributed by atoms with Crippen LogP contribution in [0.15, 0.2) is 23.8 Å². The summed E-state index contributed by atoms with van der Waals surface area (Å²) in [5.74, 6) is 5.84. The van der Waals surface area contributed by atoms with Crippen molar-refractivity contribution in [1.82, 2.24) is 0 Å². The lowest BCUT2D eigenvalue weighted by atomic mass is 9.48. The van der Waals surface area contributed by atoms with Crippen molar-refractivity contribution in [3.63, 3.8) is 0 Å². The fraction of sp³-hybridized carbons (Fsp3) is 0.857. The third-order valence-corrected chi connectivity index (χ3v) is 10.5. The molecule has 3 fully saturated rings. The molecular weight excluding hydrogens is 336 g/mol. The highest BCUT2D eigenvalue weighted by Crippen LogP contribution is 2.66. The first-order valence-electron chi connectivity index (χ1n) is 12.7. The van der Waals surface area contributed by atoms with E-state index in [1.54, 1.807) is 0 Å². The average molecular weight is 383 g/mol. The minimum Gasteiger partial charge on any atom is -0.0852 e. The van der Waals surface area contributed by atoms with Gasteiger partial charge in [0.2, 0.25) is 0 Å². The van der Waals surface area contributed by atoms with Crippen molar-refractivity contribution in [3.8, 4) is 0 Å². The average Bonchev–Trinajstić information content (AvgIpc) is 3.02. The molecular formula is C28H46. The van der Waals surface area contributed by atoms with Gasteiger partial charge in [0.1, 0.15) is 0 Å². The minimum absolute atomic E-state index is 0.547. The van der Waals surface area contributed by atoms with Gasteiger partial charge in [-0.3, -0.25) is 0 Å². The molecule has 4 rings (SSSR count). The Morgan fingerprint density at radius 3 is 2.36 bits per heavy atom. The first-order valence-corrected chi connectivity index (χ1v) is 12.7. The summed E-state index contributed by atoms with van der Waals surface area (Å²) in [7, 11) is 0. The molecule has 28 heavy (non-hydrogen) atoms. The molecule has 0 heteroatoms. The van der Waals surface area contributed by atoms with Gasteiger partial charge in [-0.25, -0.2) is 0 Å². The lowest BCUT2D eigenvalue weighted by Gasteiger charge is -2.57. The maximum atomic E-state index is 2.77. The van der Waals surface area contributed by atoms with E-state index >= 15 is 0 Å². The van der Waals surface area contributed by atoms with Crippen molar-refractivity contribution in [3.05, 3.63) is 23.8 Å². The lowest BCUT2D eigenvalue weighted by molar-refractivity contribution is -0.00481. The number of rotatable bonds is 4. The van der Waals surface area contributed by atoms with Crippen molar-refractivity contribution >= 4 is 0 Å². The van der Waals surface area contributed by atoms with Crippen LogP contribution in [0.2, 0.25) is 0 Å². The van der Waals surface area contributed by atoms with Gasteiger partial charge in [-0.2, -0.15) is 0 Å². The van der Waals surface area contributed by atoms with Gasteiger partial charge < -0.3 is 0 Å². The fourth-order valence-electron chi connectivity index (χ4n) is 8.16. The van der Waals surface area contributed by atoms with Crippen LogP contribution in [-0.4, -0.2) is 0 Å². The summed E-state index contributed by atoms with van der Waals surface area (Å²) in [4.78, 5) is 0. The summed E-state index contributed by atoms with van der Waals surface area (Å²) in [6.45, 7) is 15.0. The smallest absolute Gasteiger partial charge is 0.0143 e. The lowest BCUT2D eigenvalue weighted by Crippen LogP contribution is -2.48. The van der Waals surface area contributed by atoms with E-state index < -0.39 is 0 Å². The molecule has 0 heterocycles. The van der Waals surface area contributed by atoms with Crippen molar-refractivity contribution in [2.24, 2.45) is 52.3 Å². The number of allylic oxidation sites excluding steroid dienone is 4. The quantitative estimate of drug-likeness (QED) is 0.428. The van der Waals surface area contributed by atoms with Crippen LogP contribution in [0.25, 0.3) is 0 Å². The first kappa shape index (κ1) is 20.7. The molecule has 4 aliphatic rings. The summed E-state index contributed by atoms with van der Waals surface area (Å²) < 4.78 is 0. The molecule has 0 saturated heterocycles. The monoisotopic (exact) mass is 382 g/mol. The second kappa shape index (κ2) is 7.63. The molecule has 3 saturated carbocycles. The van der Waals surface area contributed by atoms with Gasteiger partial charge in [0.05, 0.1) is 0 Å². The molecule has 0 nitrogen and oxygen atoms in total. The Hall–Kier alpha value is -0.520. The second-order valence-corrected chi connectivity index (χ2v) is 12.1. The third kappa shape index (κ3) is 3.26. The van der Waals surface area contributed by atoms with Crippen LogP contribution in [0.1, 0.15) is 99.3 Å². The van der Waals surface area contributed by atoms with E-state index in [0.717, 1.165) is 35.5 Å². The van der Waals surface area contributed by atoms with Gasteiger partial charge in [0, 0.05) is 0 Å². The normalized spacial score (nSPS) is 45.3. The maximum absolute atomic E-state index is 2.77. The van der Waals surface area contributed by atoms with E-state index in [1.807, 2.05) is 5.57 Å². The first-order chi connectivity index (χ1) is 13.3. The number of hydrogen-bond acceptors (Lipinski definition) is 0. The van der Waals surface area contributed by atoms with Gasteiger partial charge >= 0.3 is 0 Å².